The van der Waals surface area contributed by atoms with E-state index >= 15 is 0 Å². The van der Waals surface area contributed by atoms with E-state index in [1.807, 2.05) is 31.3 Å². The number of rotatable bonds is 6. The SMILES string of the molecule is CNCC(CCc1cc(Cl)ccc1Cl)c1ccccc1. The highest BCUT2D eigenvalue weighted by molar-refractivity contribution is 6.33. The topological polar surface area (TPSA) is 12.0 Å². The summed E-state index contributed by atoms with van der Waals surface area (Å²) in [6, 6.07) is 16.3. The molecule has 0 heterocycles. The van der Waals surface area contributed by atoms with Gasteiger partial charge >= 0.3 is 0 Å². The second-order valence-electron chi connectivity index (χ2n) is 4.94. The van der Waals surface area contributed by atoms with Gasteiger partial charge in [0.1, 0.15) is 0 Å². The van der Waals surface area contributed by atoms with Crippen molar-refractivity contribution in [3.05, 3.63) is 69.7 Å². The number of likely N-dealkylation sites (N-methyl/N-ethyl adjacent to an activating group) is 1. The van der Waals surface area contributed by atoms with Crippen molar-refractivity contribution in [3.8, 4) is 0 Å². The van der Waals surface area contributed by atoms with Crippen LogP contribution < -0.4 is 5.32 Å². The predicted octanol–water partition coefficient (Wildman–Crippen LogP) is 4.93. The summed E-state index contributed by atoms with van der Waals surface area (Å²) in [4.78, 5) is 0. The molecule has 106 valence electrons. The standard InChI is InChI=1S/C17H19Cl2N/c1-20-12-15(13-5-3-2-4-6-13)8-7-14-11-16(18)9-10-17(14)19/h2-6,9-11,15,20H,7-8,12H2,1H3. The first-order chi connectivity index (χ1) is 9.70. The van der Waals surface area contributed by atoms with Crippen LogP contribution in [0.5, 0.6) is 0 Å². The molecule has 0 aliphatic carbocycles. The fourth-order valence-corrected chi connectivity index (χ4v) is 2.83. The molecule has 0 amide bonds. The van der Waals surface area contributed by atoms with E-state index in [1.165, 1.54) is 5.56 Å². The third-order valence-electron chi connectivity index (χ3n) is 3.49. The van der Waals surface area contributed by atoms with Crippen molar-refractivity contribution >= 4 is 23.2 Å². The molecule has 1 nitrogen and oxygen atoms in total. The van der Waals surface area contributed by atoms with E-state index in [1.54, 1.807) is 0 Å². The summed E-state index contributed by atoms with van der Waals surface area (Å²) in [5.74, 6) is 0.483. The van der Waals surface area contributed by atoms with Gasteiger partial charge in [-0.3, -0.25) is 0 Å². The first kappa shape index (κ1) is 15.4. The number of hydrogen-bond donors (Lipinski definition) is 1. The van der Waals surface area contributed by atoms with Crippen LogP contribution >= 0.6 is 23.2 Å². The minimum absolute atomic E-state index is 0.483. The molecular formula is C17H19Cl2N. The second kappa shape index (κ2) is 7.68. The minimum atomic E-state index is 0.483. The van der Waals surface area contributed by atoms with E-state index in [0.29, 0.717) is 5.92 Å². The highest BCUT2D eigenvalue weighted by Gasteiger charge is 2.11. The van der Waals surface area contributed by atoms with Gasteiger partial charge in [0, 0.05) is 16.6 Å². The Morgan fingerprint density at radius 3 is 2.50 bits per heavy atom. The van der Waals surface area contributed by atoms with Crippen LogP contribution in [0.3, 0.4) is 0 Å². The Morgan fingerprint density at radius 1 is 1.05 bits per heavy atom. The van der Waals surface area contributed by atoms with E-state index in [0.717, 1.165) is 35.0 Å². The number of aryl methyl sites for hydroxylation is 1. The largest absolute Gasteiger partial charge is 0.319 e. The summed E-state index contributed by atoms with van der Waals surface area (Å²) in [5, 5.41) is 4.81. The highest BCUT2D eigenvalue weighted by Crippen LogP contribution is 2.26. The number of benzene rings is 2. The lowest BCUT2D eigenvalue weighted by molar-refractivity contribution is 0.584. The number of halogens is 2. The molecule has 0 bridgehead atoms. The molecule has 0 saturated heterocycles. The van der Waals surface area contributed by atoms with Crippen molar-refractivity contribution in [3.63, 3.8) is 0 Å². The van der Waals surface area contributed by atoms with E-state index in [-0.39, 0.29) is 0 Å². The number of hydrogen-bond acceptors (Lipinski definition) is 1. The summed E-state index contributed by atoms with van der Waals surface area (Å²) in [7, 11) is 1.99. The highest BCUT2D eigenvalue weighted by atomic mass is 35.5. The quantitative estimate of drug-likeness (QED) is 0.798. The van der Waals surface area contributed by atoms with Gasteiger partial charge in [-0.2, -0.15) is 0 Å². The van der Waals surface area contributed by atoms with Crippen LogP contribution in [0.2, 0.25) is 10.0 Å². The average Bonchev–Trinajstić information content (AvgIpc) is 2.47. The van der Waals surface area contributed by atoms with E-state index in [4.69, 9.17) is 23.2 Å². The summed E-state index contributed by atoms with van der Waals surface area (Å²) in [6.07, 6.45) is 1.98. The van der Waals surface area contributed by atoms with Crippen LogP contribution in [-0.4, -0.2) is 13.6 Å². The van der Waals surface area contributed by atoms with E-state index < -0.39 is 0 Å². The maximum atomic E-state index is 6.23. The maximum Gasteiger partial charge on any atom is 0.0439 e. The smallest absolute Gasteiger partial charge is 0.0439 e. The third kappa shape index (κ3) is 4.24. The van der Waals surface area contributed by atoms with Gasteiger partial charge in [-0.05, 0) is 55.1 Å². The molecule has 2 aromatic rings. The van der Waals surface area contributed by atoms with Gasteiger partial charge in [-0.1, -0.05) is 53.5 Å². The average molecular weight is 308 g/mol. The lowest BCUT2D eigenvalue weighted by Gasteiger charge is -2.17. The van der Waals surface area contributed by atoms with Crippen molar-refractivity contribution in [2.45, 2.75) is 18.8 Å². The fraction of sp³-hybridized carbons (Fsp3) is 0.294. The lowest BCUT2D eigenvalue weighted by atomic mass is 9.92. The molecule has 0 saturated carbocycles. The normalized spacial score (nSPS) is 12.3. The van der Waals surface area contributed by atoms with Gasteiger partial charge in [0.15, 0.2) is 0 Å². The molecule has 0 aromatic heterocycles. The van der Waals surface area contributed by atoms with Gasteiger partial charge in [0.25, 0.3) is 0 Å². The van der Waals surface area contributed by atoms with Crippen molar-refractivity contribution in [2.24, 2.45) is 0 Å². The van der Waals surface area contributed by atoms with Crippen molar-refractivity contribution in [2.75, 3.05) is 13.6 Å². The predicted molar refractivity (Wildman–Crippen MR) is 87.9 cm³/mol. The molecular weight excluding hydrogens is 289 g/mol. The Bertz CT molecular complexity index is 540. The van der Waals surface area contributed by atoms with E-state index in [9.17, 15) is 0 Å². The summed E-state index contributed by atoms with van der Waals surface area (Å²) < 4.78 is 0. The summed E-state index contributed by atoms with van der Waals surface area (Å²) in [5.41, 5.74) is 2.48. The summed E-state index contributed by atoms with van der Waals surface area (Å²) in [6.45, 7) is 0.961. The Morgan fingerprint density at radius 2 is 1.80 bits per heavy atom. The molecule has 1 atom stereocenters. The van der Waals surface area contributed by atoms with Crippen LogP contribution in [0, 0.1) is 0 Å². The molecule has 1 unspecified atom stereocenters. The zero-order chi connectivity index (χ0) is 14.4. The van der Waals surface area contributed by atoms with Crippen molar-refractivity contribution in [1.29, 1.82) is 0 Å². The lowest BCUT2D eigenvalue weighted by Crippen LogP contribution is -2.18. The molecule has 0 fully saturated rings. The first-order valence-electron chi connectivity index (χ1n) is 6.84. The van der Waals surface area contributed by atoms with Crippen LogP contribution in [0.1, 0.15) is 23.5 Å². The third-order valence-corrected chi connectivity index (χ3v) is 4.10. The molecule has 2 rings (SSSR count). The molecule has 0 radical (unpaired) electrons. The second-order valence-corrected chi connectivity index (χ2v) is 5.78. The Labute approximate surface area is 130 Å². The Balaban J connectivity index is 2.07. The monoisotopic (exact) mass is 307 g/mol. The molecule has 0 aliphatic rings. The zero-order valence-electron chi connectivity index (χ0n) is 11.6. The van der Waals surface area contributed by atoms with E-state index in [2.05, 4.69) is 29.6 Å². The minimum Gasteiger partial charge on any atom is -0.319 e. The molecule has 2 aromatic carbocycles. The van der Waals surface area contributed by atoms with Gasteiger partial charge in [-0.25, -0.2) is 0 Å². The molecule has 20 heavy (non-hydrogen) atoms. The van der Waals surface area contributed by atoms with Crippen LogP contribution in [-0.2, 0) is 6.42 Å². The van der Waals surface area contributed by atoms with Crippen LogP contribution in [0.25, 0.3) is 0 Å². The van der Waals surface area contributed by atoms with Gasteiger partial charge < -0.3 is 5.32 Å². The molecule has 3 heteroatoms. The molecule has 0 spiro atoms. The van der Waals surface area contributed by atoms with Crippen LogP contribution in [0.15, 0.2) is 48.5 Å². The summed E-state index contributed by atoms with van der Waals surface area (Å²) >= 11 is 12.3. The van der Waals surface area contributed by atoms with Crippen molar-refractivity contribution < 1.29 is 0 Å². The van der Waals surface area contributed by atoms with Gasteiger partial charge in [0.2, 0.25) is 0 Å². The number of nitrogens with one attached hydrogen (secondary N) is 1. The zero-order valence-corrected chi connectivity index (χ0v) is 13.1. The van der Waals surface area contributed by atoms with Crippen LogP contribution in [0.4, 0.5) is 0 Å². The van der Waals surface area contributed by atoms with Gasteiger partial charge in [-0.15, -0.1) is 0 Å². The fourth-order valence-electron chi connectivity index (χ4n) is 2.42. The Kier molecular flexibility index (Phi) is 5.90. The molecule has 1 N–H and O–H groups in total. The first-order valence-corrected chi connectivity index (χ1v) is 7.59. The van der Waals surface area contributed by atoms with Crippen molar-refractivity contribution in [1.82, 2.24) is 5.32 Å². The Hall–Kier alpha value is -1.02. The molecule has 0 aliphatic heterocycles. The maximum absolute atomic E-state index is 6.23. The van der Waals surface area contributed by atoms with Gasteiger partial charge in [0.05, 0.1) is 0 Å².